The number of phosphoric acid groups is 1. The molecule has 2 aromatic heterocycles. The lowest BCUT2D eigenvalue weighted by Crippen LogP contribution is -2.29. The van der Waals surface area contributed by atoms with E-state index in [2.05, 4.69) is 46.9 Å². The second kappa shape index (κ2) is 28.9. The molecule has 0 spiro atoms. The Labute approximate surface area is 338 Å². The Morgan fingerprint density at radius 2 is 1.02 bits per heavy atom. The smallest absolute Gasteiger partial charge is 0.466 e. The first-order chi connectivity index (χ1) is 26.9. The van der Waals surface area contributed by atoms with E-state index < -0.39 is 32.5 Å². The van der Waals surface area contributed by atoms with Crippen molar-refractivity contribution in [1.29, 1.82) is 0 Å². The molecule has 2 rings (SSSR count). The summed E-state index contributed by atoms with van der Waals surface area (Å²) in [5.74, 6) is 3.67. The van der Waals surface area contributed by atoms with Gasteiger partial charge in [0.25, 0.3) is 0 Å². The van der Waals surface area contributed by atoms with Crippen molar-refractivity contribution >= 4 is 19.8 Å². The molecule has 0 aromatic carbocycles. The van der Waals surface area contributed by atoms with Gasteiger partial charge < -0.3 is 28.5 Å². The average Bonchev–Trinajstić information content (AvgIpc) is 3.59. The molecule has 12 heteroatoms. The van der Waals surface area contributed by atoms with Gasteiger partial charge in [-0.15, -0.1) is 0 Å². The molecule has 1 unspecified atom stereocenters. The summed E-state index contributed by atoms with van der Waals surface area (Å²) in [5.41, 5.74) is 5.20. The van der Waals surface area contributed by atoms with Gasteiger partial charge in [-0.3, -0.25) is 18.6 Å². The molecule has 11 nitrogen and oxygen atoms in total. The molecule has 0 radical (unpaired) electrons. The van der Waals surface area contributed by atoms with E-state index in [-0.39, 0.29) is 26.1 Å². The number of hydrogen-bond donors (Lipinski definition) is 2. The van der Waals surface area contributed by atoms with Crippen molar-refractivity contribution in [2.75, 3.05) is 33.4 Å². The minimum atomic E-state index is -4.37. The monoisotopic (exact) mass is 810 g/mol. The van der Waals surface area contributed by atoms with Crippen LogP contribution in [0.2, 0.25) is 0 Å². The van der Waals surface area contributed by atoms with Gasteiger partial charge in [0.15, 0.2) is 6.10 Å². The number of carbonyl (C=O) groups is 2. The molecule has 2 aromatic rings. The Kier molecular flexibility index (Phi) is 25.6. The molecule has 0 saturated heterocycles. The van der Waals surface area contributed by atoms with Gasteiger partial charge >= 0.3 is 19.8 Å². The molecule has 0 aliphatic heterocycles. The van der Waals surface area contributed by atoms with Gasteiger partial charge in [-0.1, -0.05) is 78.1 Å². The van der Waals surface area contributed by atoms with Gasteiger partial charge in [-0.2, -0.15) is 0 Å². The number of rotatable bonds is 34. The molecular formula is C44H76NO10P. The summed E-state index contributed by atoms with van der Waals surface area (Å²) in [5, 5.41) is 2.82. The van der Waals surface area contributed by atoms with Crippen LogP contribution in [0.15, 0.2) is 8.83 Å². The fraction of sp³-hybridized carbons (Fsp3) is 0.773. The van der Waals surface area contributed by atoms with Crippen molar-refractivity contribution in [3.05, 3.63) is 45.3 Å². The number of unbranched alkanes of at least 4 members (excludes halogenated alkanes) is 12. The molecule has 0 bridgehead atoms. The molecule has 2 N–H and O–H groups in total. The topological polar surface area (TPSA) is 147 Å². The fourth-order valence-corrected chi connectivity index (χ4v) is 7.57. The quantitative estimate of drug-likeness (QED) is 0.0395. The normalized spacial score (nSPS) is 13.2. The molecule has 0 saturated carbocycles. The number of esters is 2. The Balaban J connectivity index is 1.63. The van der Waals surface area contributed by atoms with Crippen LogP contribution in [0.5, 0.6) is 0 Å². The molecule has 322 valence electrons. The zero-order valence-corrected chi connectivity index (χ0v) is 36.9. The predicted molar refractivity (Wildman–Crippen MR) is 222 cm³/mol. The predicted octanol–water partition coefficient (Wildman–Crippen LogP) is 10.8. The Morgan fingerprint density at radius 1 is 0.607 bits per heavy atom. The first-order valence-corrected chi connectivity index (χ1v) is 23.2. The molecule has 0 amide bonds. The summed E-state index contributed by atoms with van der Waals surface area (Å²) in [7, 11) is -2.68. The van der Waals surface area contributed by atoms with E-state index in [1.54, 1.807) is 7.05 Å². The maximum Gasteiger partial charge on any atom is 0.472 e. The van der Waals surface area contributed by atoms with Crippen LogP contribution >= 0.6 is 7.82 Å². The number of hydrogen-bond acceptors (Lipinski definition) is 10. The van der Waals surface area contributed by atoms with E-state index in [1.165, 1.54) is 35.1 Å². The number of nitrogens with one attached hydrogen (secondary N) is 1. The van der Waals surface area contributed by atoms with Crippen LogP contribution in [-0.4, -0.2) is 56.3 Å². The summed E-state index contributed by atoms with van der Waals surface area (Å²) < 4.78 is 45.5. The molecule has 0 aliphatic rings. The molecule has 2 atom stereocenters. The second-order valence-corrected chi connectivity index (χ2v) is 16.8. The van der Waals surface area contributed by atoms with Crippen LogP contribution in [0.3, 0.4) is 0 Å². The van der Waals surface area contributed by atoms with Crippen LogP contribution in [0.1, 0.15) is 175 Å². The fourth-order valence-electron chi connectivity index (χ4n) is 6.82. The molecule has 2 heterocycles. The number of carbonyl (C=O) groups excluding carboxylic acids is 2. The lowest BCUT2D eigenvalue weighted by molar-refractivity contribution is -0.161. The first kappa shape index (κ1) is 49.7. The van der Waals surface area contributed by atoms with Crippen molar-refractivity contribution in [3.8, 4) is 0 Å². The average molecular weight is 810 g/mol. The lowest BCUT2D eigenvalue weighted by atomic mass is 10.0. The van der Waals surface area contributed by atoms with Gasteiger partial charge in [-0.05, 0) is 95.5 Å². The zero-order chi connectivity index (χ0) is 41.2. The van der Waals surface area contributed by atoms with E-state index >= 15 is 0 Å². The summed E-state index contributed by atoms with van der Waals surface area (Å²) in [6.07, 6.45) is 19.9. The Hall–Kier alpha value is -2.43. The van der Waals surface area contributed by atoms with Crippen LogP contribution < -0.4 is 5.32 Å². The van der Waals surface area contributed by atoms with Crippen LogP contribution in [-0.2, 0) is 58.4 Å². The summed E-state index contributed by atoms with van der Waals surface area (Å²) in [6, 6.07) is 0. The highest BCUT2D eigenvalue weighted by Crippen LogP contribution is 2.43. The van der Waals surface area contributed by atoms with Crippen molar-refractivity contribution in [2.45, 2.75) is 189 Å². The summed E-state index contributed by atoms with van der Waals surface area (Å²) in [4.78, 5) is 35.3. The van der Waals surface area contributed by atoms with E-state index in [4.69, 9.17) is 27.4 Å². The van der Waals surface area contributed by atoms with E-state index in [0.717, 1.165) is 126 Å². The number of ether oxygens (including phenoxy) is 2. The molecular weight excluding hydrogens is 733 g/mol. The summed E-state index contributed by atoms with van der Waals surface area (Å²) in [6.45, 7) is 12.6. The number of phosphoric ester groups is 1. The number of aryl methyl sites for hydroxylation is 4. The van der Waals surface area contributed by atoms with Gasteiger partial charge in [0.1, 0.15) is 29.6 Å². The third kappa shape index (κ3) is 20.3. The molecule has 56 heavy (non-hydrogen) atoms. The highest BCUT2D eigenvalue weighted by Gasteiger charge is 2.26. The van der Waals surface area contributed by atoms with Crippen molar-refractivity contribution in [2.24, 2.45) is 0 Å². The first-order valence-electron chi connectivity index (χ1n) is 21.7. The lowest BCUT2D eigenvalue weighted by Gasteiger charge is -2.20. The second-order valence-electron chi connectivity index (χ2n) is 15.3. The maximum atomic E-state index is 12.7. The standard InChI is InChI=1S/C44H76NO10P/c1-8-24-39-34(3)36(5)41(54-39)26-20-16-12-10-11-13-19-23-29-44(47)53-38(33-52-56(48,49)51-31-30-45-7)32-50-43(46)28-22-18-15-14-17-21-27-42-37(6)35(4)40(55-42)25-9-2/h38,45H,8-33H2,1-7H3,(H,48,49)/t38-/m1/s1. The third-order valence-electron chi connectivity index (χ3n) is 10.6. The van der Waals surface area contributed by atoms with E-state index in [1.807, 2.05) is 0 Å². The van der Waals surface area contributed by atoms with Gasteiger partial charge in [0, 0.05) is 45.1 Å². The SMILES string of the molecule is CCCc1oc(CCCCCCCCCCC(=O)O[C@H](COC(=O)CCCCCCCCc2oc(CCC)c(C)c2C)COP(=O)(O)OCCNC)c(C)c1C. The Bertz CT molecular complexity index is 1430. The van der Waals surface area contributed by atoms with E-state index in [9.17, 15) is 19.0 Å². The maximum absolute atomic E-state index is 12.7. The number of furan rings is 2. The van der Waals surface area contributed by atoms with Gasteiger partial charge in [0.2, 0.25) is 0 Å². The van der Waals surface area contributed by atoms with Crippen molar-refractivity contribution < 1.29 is 46.4 Å². The van der Waals surface area contributed by atoms with Gasteiger partial charge in [-0.25, -0.2) is 4.57 Å². The Morgan fingerprint density at radius 3 is 1.46 bits per heavy atom. The van der Waals surface area contributed by atoms with Crippen molar-refractivity contribution in [3.63, 3.8) is 0 Å². The van der Waals surface area contributed by atoms with Crippen LogP contribution in [0.25, 0.3) is 0 Å². The summed E-state index contributed by atoms with van der Waals surface area (Å²) >= 11 is 0. The minimum Gasteiger partial charge on any atom is -0.466 e. The van der Waals surface area contributed by atoms with Crippen LogP contribution in [0, 0.1) is 27.7 Å². The van der Waals surface area contributed by atoms with E-state index in [0.29, 0.717) is 19.4 Å². The molecule has 0 aliphatic carbocycles. The third-order valence-corrected chi connectivity index (χ3v) is 11.6. The molecule has 0 fully saturated rings. The minimum absolute atomic E-state index is 0.0305. The highest BCUT2D eigenvalue weighted by molar-refractivity contribution is 7.47. The number of likely N-dealkylation sites (N-methyl/N-ethyl adjacent to an activating group) is 1. The van der Waals surface area contributed by atoms with Gasteiger partial charge in [0.05, 0.1) is 13.2 Å². The largest absolute Gasteiger partial charge is 0.472 e. The highest BCUT2D eigenvalue weighted by atomic mass is 31.2. The van der Waals surface area contributed by atoms with Crippen molar-refractivity contribution in [1.82, 2.24) is 5.32 Å². The zero-order valence-electron chi connectivity index (χ0n) is 36.0. The van der Waals surface area contributed by atoms with Crippen LogP contribution in [0.4, 0.5) is 0 Å².